The molecule has 12 aromatic carbocycles. The summed E-state index contributed by atoms with van der Waals surface area (Å²) in [6.07, 6.45) is 0. The molecule has 13 rings (SSSR count). The molecule has 0 aromatic heterocycles. The maximum atomic E-state index is 2.54. The van der Waals surface area contributed by atoms with Gasteiger partial charge in [-0.1, -0.05) is 267 Å². The second-order valence-corrected chi connectivity index (χ2v) is 19.2. The normalized spacial score (nSPS) is 12.5. The van der Waals surface area contributed by atoms with Crippen LogP contribution in [0, 0.1) is 0 Å². The fourth-order valence-electron chi connectivity index (χ4n) is 12.0. The number of hydrogen-bond donors (Lipinski definition) is 0. The van der Waals surface area contributed by atoms with Crippen molar-refractivity contribution in [3.8, 4) is 33.4 Å². The van der Waals surface area contributed by atoms with Gasteiger partial charge in [0.25, 0.3) is 0 Å². The third kappa shape index (κ3) is 7.40. The summed E-state index contributed by atoms with van der Waals surface area (Å²) in [4.78, 5) is 2.39. The van der Waals surface area contributed by atoms with Crippen LogP contribution in [0.5, 0.6) is 0 Å². The molecule has 0 fully saturated rings. The van der Waals surface area contributed by atoms with E-state index in [4.69, 9.17) is 0 Å². The Hall–Kier alpha value is -9.30. The molecule has 73 heavy (non-hydrogen) atoms. The highest BCUT2D eigenvalue weighted by molar-refractivity contribution is 5.89. The molecule has 0 bridgehead atoms. The molecule has 0 unspecified atom stereocenters. The Morgan fingerprint density at radius 3 is 1.22 bits per heavy atom. The fourth-order valence-corrected chi connectivity index (χ4v) is 12.0. The molecule has 0 aliphatic heterocycles. The second-order valence-electron chi connectivity index (χ2n) is 19.2. The molecule has 1 nitrogen and oxygen atoms in total. The summed E-state index contributed by atoms with van der Waals surface area (Å²) >= 11 is 0. The largest absolute Gasteiger partial charge is 0.311 e. The van der Waals surface area contributed by atoms with Gasteiger partial charge < -0.3 is 4.90 Å². The van der Waals surface area contributed by atoms with Gasteiger partial charge in [0.05, 0.1) is 10.8 Å². The molecule has 0 spiro atoms. The Morgan fingerprint density at radius 2 is 0.644 bits per heavy atom. The van der Waals surface area contributed by atoms with Gasteiger partial charge >= 0.3 is 0 Å². The summed E-state index contributed by atoms with van der Waals surface area (Å²) in [5.74, 6) is 0. The van der Waals surface area contributed by atoms with E-state index in [9.17, 15) is 0 Å². The van der Waals surface area contributed by atoms with E-state index in [0.29, 0.717) is 0 Å². The SMILES string of the molecule is c1ccc(-c2ccc(N(c3ccc(-c4ccc5ccccc5c4)cc3)c3ccc(C(c4ccccc4)(c4ccccc4)c4ccc5c(c4)C(c4ccccc4)(c4ccccc4)c4ccccc4-5)cc3)cc2)cc1. The second kappa shape index (κ2) is 18.5. The minimum Gasteiger partial charge on any atom is -0.311 e. The van der Waals surface area contributed by atoms with Crippen LogP contribution < -0.4 is 4.90 Å². The number of hydrogen-bond acceptors (Lipinski definition) is 1. The van der Waals surface area contributed by atoms with Gasteiger partial charge in [-0.05, 0) is 131 Å². The Balaban J connectivity index is 0.997. The van der Waals surface area contributed by atoms with Crippen LogP contribution in [0.25, 0.3) is 44.2 Å². The van der Waals surface area contributed by atoms with Gasteiger partial charge in [0.1, 0.15) is 0 Å². The maximum absolute atomic E-state index is 2.54. The van der Waals surface area contributed by atoms with E-state index in [2.05, 4.69) is 314 Å². The highest BCUT2D eigenvalue weighted by Crippen LogP contribution is 2.58. The van der Waals surface area contributed by atoms with Crippen molar-refractivity contribution < 1.29 is 0 Å². The van der Waals surface area contributed by atoms with Crippen molar-refractivity contribution in [3.63, 3.8) is 0 Å². The van der Waals surface area contributed by atoms with Crippen molar-refractivity contribution in [2.75, 3.05) is 4.90 Å². The smallest absolute Gasteiger partial charge is 0.0713 e. The number of nitrogens with zero attached hydrogens (tertiary/aromatic N) is 1. The average Bonchev–Trinajstić information content (AvgIpc) is 3.78. The molecular weight excluding hydrogens is 879 g/mol. The standard InChI is InChI=1S/C72H51N/c1-6-20-52(21-7-1)54-36-43-64(44-37-54)73(65-45-38-55(39-46-65)57-35-34-53-22-16-17-23-56(53)50-57)66-47-40-62(41-48-66)71(58-24-8-2-9-25-58,59-26-10-3-11-27-59)63-42-49-68-67-32-18-19-33-69(67)72(70(68)51-63,60-28-12-4-13-29-60)61-30-14-5-15-31-61/h1-51H. The third-order valence-electron chi connectivity index (χ3n) is 15.3. The molecule has 0 heterocycles. The predicted molar refractivity (Wildman–Crippen MR) is 305 cm³/mol. The first kappa shape index (κ1) is 43.7. The molecule has 1 aliphatic rings. The molecule has 0 N–H and O–H groups in total. The predicted octanol–water partition coefficient (Wildman–Crippen LogP) is 18.4. The molecule has 344 valence electrons. The monoisotopic (exact) mass is 929 g/mol. The van der Waals surface area contributed by atoms with Crippen LogP contribution in [-0.4, -0.2) is 0 Å². The molecule has 0 radical (unpaired) electrons. The van der Waals surface area contributed by atoms with E-state index in [1.165, 1.54) is 88.7 Å². The summed E-state index contributed by atoms with van der Waals surface area (Å²) in [5, 5.41) is 2.48. The lowest BCUT2D eigenvalue weighted by atomic mass is 9.63. The molecule has 1 heteroatoms. The molecule has 0 amide bonds. The van der Waals surface area contributed by atoms with Crippen LogP contribution in [-0.2, 0) is 10.8 Å². The Labute approximate surface area is 428 Å². The van der Waals surface area contributed by atoms with Crippen molar-refractivity contribution in [1.29, 1.82) is 0 Å². The zero-order valence-corrected chi connectivity index (χ0v) is 40.4. The van der Waals surface area contributed by atoms with Gasteiger partial charge in [0.15, 0.2) is 0 Å². The number of benzene rings is 12. The lowest BCUT2D eigenvalue weighted by molar-refractivity contribution is 0.729. The molecule has 1 aliphatic carbocycles. The van der Waals surface area contributed by atoms with Crippen molar-refractivity contribution in [2.45, 2.75) is 10.8 Å². The zero-order chi connectivity index (χ0) is 48.6. The van der Waals surface area contributed by atoms with Gasteiger partial charge in [-0.15, -0.1) is 0 Å². The van der Waals surface area contributed by atoms with Crippen LogP contribution in [0.2, 0.25) is 0 Å². The Bertz CT molecular complexity index is 3770. The fraction of sp³-hybridized carbons (Fsp3) is 0.0278. The lowest BCUT2D eigenvalue weighted by Gasteiger charge is -2.39. The van der Waals surface area contributed by atoms with Crippen molar-refractivity contribution >= 4 is 27.8 Å². The van der Waals surface area contributed by atoms with E-state index < -0.39 is 10.8 Å². The van der Waals surface area contributed by atoms with Crippen LogP contribution >= 0.6 is 0 Å². The van der Waals surface area contributed by atoms with E-state index in [0.717, 1.165) is 17.1 Å². The number of rotatable bonds is 11. The minimum absolute atomic E-state index is 0.548. The third-order valence-corrected chi connectivity index (χ3v) is 15.3. The van der Waals surface area contributed by atoms with E-state index in [1.54, 1.807) is 0 Å². The van der Waals surface area contributed by atoms with Gasteiger partial charge in [-0.3, -0.25) is 0 Å². The van der Waals surface area contributed by atoms with Crippen LogP contribution in [0.15, 0.2) is 309 Å². The molecule has 12 aromatic rings. The summed E-state index contributed by atoms with van der Waals surface area (Å²) in [6, 6.07) is 114. The summed E-state index contributed by atoms with van der Waals surface area (Å²) in [6.45, 7) is 0. The number of fused-ring (bicyclic) bond motifs is 4. The van der Waals surface area contributed by atoms with Gasteiger partial charge in [0, 0.05) is 17.1 Å². The highest BCUT2D eigenvalue weighted by Gasteiger charge is 2.48. The van der Waals surface area contributed by atoms with Crippen molar-refractivity contribution in [1.82, 2.24) is 0 Å². The zero-order valence-electron chi connectivity index (χ0n) is 40.4. The maximum Gasteiger partial charge on any atom is 0.0713 e. The first-order valence-electron chi connectivity index (χ1n) is 25.3. The summed E-state index contributed by atoms with van der Waals surface area (Å²) < 4.78 is 0. The molecule has 0 atom stereocenters. The first-order chi connectivity index (χ1) is 36.2. The van der Waals surface area contributed by atoms with Crippen molar-refractivity contribution in [3.05, 3.63) is 354 Å². The highest BCUT2D eigenvalue weighted by atomic mass is 15.1. The quantitative estimate of drug-likeness (QED) is 0.117. The van der Waals surface area contributed by atoms with Gasteiger partial charge in [-0.25, -0.2) is 0 Å². The van der Waals surface area contributed by atoms with Gasteiger partial charge in [-0.2, -0.15) is 0 Å². The van der Waals surface area contributed by atoms with E-state index >= 15 is 0 Å². The molecular formula is C72H51N. The summed E-state index contributed by atoms with van der Waals surface area (Å²) in [5.41, 5.74) is 19.2. The van der Waals surface area contributed by atoms with Gasteiger partial charge in [0.2, 0.25) is 0 Å². The van der Waals surface area contributed by atoms with Crippen LogP contribution in [0.4, 0.5) is 17.1 Å². The van der Waals surface area contributed by atoms with E-state index in [1.807, 2.05) is 0 Å². The Morgan fingerprint density at radius 1 is 0.247 bits per heavy atom. The van der Waals surface area contributed by atoms with Crippen LogP contribution in [0.1, 0.15) is 44.5 Å². The number of anilines is 3. The minimum atomic E-state index is -0.701. The summed E-state index contributed by atoms with van der Waals surface area (Å²) in [7, 11) is 0. The topological polar surface area (TPSA) is 3.24 Å². The van der Waals surface area contributed by atoms with E-state index in [-0.39, 0.29) is 0 Å². The first-order valence-corrected chi connectivity index (χ1v) is 25.3. The average molecular weight is 930 g/mol. The molecule has 0 saturated carbocycles. The van der Waals surface area contributed by atoms with Crippen molar-refractivity contribution in [2.24, 2.45) is 0 Å². The Kier molecular flexibility index (Phi) is 11.1. The lowest BCUT2D eigenvalue weighted by Crippen LogP contribution is -2.33. The molecule has 0 saturated heterocycles. The van der Waals surface area contributed by atoms with Crippen LogP contribution in [0.3, 0.4) is 0 Å².